The largest absolute Gasteiger partial charge is 0.496 e. The molecule has 1 amide bonds. The maximum atomic E-state index is 12.4. The van der Waals surface area contributed by atoms with Crippen LogP contribution in [0.3, 0.4) is 0 Å². The van der Waals surface area contributed by atoms with Gasteiger partial charge in [-0.1, -0.05) is 17.3 Å². The molecule has 3 rings (SSSR count). The van der Waals surface area contributed by atoms with Gasteiger partial charge >= 0.3 is 0 Å². The first-order valence-corrected chi connectivity index (χ1v) is 8.71. The van der Waals surface area contributed by atoms with E-state index in [-0.39, 0.29) is 24.2 Å². The first-order valence-electron chi connectivity index (χ1n) is 8.71. The molecule has 3 N–H and O–H groups in total. The van der Waals surface area contributed by atoms with Gasteiger partial charge in [-0.3, -0.25) is 4.79 Å². The molecule has 2 heterocycles. The zero-order valence-electron chi connectivity index (χ0n) is 15.4. The first kappa shape index (κ1) is 21.1. The van der Waals surface area contributed by atoms with Crippen molar-refractivity contribution in [3.63, 3.8) is 0 Å². The molecule has 2 aromatic rings. The second-order valence-electron chi connectivity index (χ2n) is 6.36. The van der Waals surface area contributed by atoms with E-state index in [1.807, 2.05) is 24.3 Å². The lowest BCUT2D eigenvalue weighted by atomic mass is 9.92. The number of carbonyl (C=O) groups excluding carboxylic acids is 1. The molecule has 148 valence electrons. The summed E-state index contributed by atoms with van der Waals surface area (Å²) in [5, 5.41) is 6.85. The second-order valence-corrected chi connectivity index (χ2v) is 6.36. The summed E-state index contributed by atoms with van der Waals surface area (Å²) in [4.78, 5) is 16.8. The number of nitrogens with zero attached hydrogens (tertiary/aromatic N) is 2. The molecular formula is C18H25ClN4O4. The van der Waals surface area contributed by atoms with E-state index in [1.165, 1.54) is 0 Å². The Morgan fingerprint density at radius 3 is 2.74 bits per heavy atom. The van der Waals surface area contributed by atoms with Crippen LogP contribution in [0.25, 0.3) is 11.4 Å². The van der Waals surface area contributed by atoms with E-state index in [1.54, 1.807) is 14.0 Å². The van der Waals surface area contributed by atoms with Crippen LogP contribution >= 0.6 is 12.4 Å². The van der Waals surface area contributed by atoms with Crippen LogP contribution in [0, 0.1) is 5.92 Å². The molecule has 0 radical (unpaired) electrons. The molecule has 0 spiro atoms. The highest BCUT2D eigenvalue weighted by molar-refractivity contribution is 5.85. The number of hydrogen-bond acceptors (Lipinski definition) is 7. The monoisotopic (exact) mass is 396 g/mol. The SMILES string of the molecule is COc1ccccc1-c1noc(C(C)NC(=O)C(N)C2CCOCC2)n1.Cl. The highest BCUT2D eigenvalue weighted by Gasteiger charge is 2.28. The Balaban J connectivity index is 0.00000261. The average Bonchev–Trinajstić information content (AvgIpc) is 3.18. The zero-order valence-corrected chi connectivity index (χ0v) is 16.2. The molecule has 1 saturated heterocycles. The van der Waals surface area contributed by atoms with Crippen molar-refractivity contribution in [2.75, 3.05) is 20.3 Å². The smallest absolute Gasteiger partial charge is 0.249 e. The van der Waals surface area contributed by atoms with E-state index in [0.29, 0.717) is 30.7 Å². The van der Waals surface area contributed by atoms with Gasteiger partial charge in [0, 0.05) is 13.2 Å². The quantitative estimate of drug-likeness (QED) is 0.768. The van der Waals surface area contributed by atoms with Gasteiger partial charge in [-0.15, -0.1) is 12.4 Å². The molecule has 0 saturated carbocycles. The molecule has 27 heavy (non-hydrogen) atoms. The fraction of sp³-hybridized carbons (Fsp3) is 0.500. The van der Waals surface area contributed by atoms with Crippen molar-refractivity contribution >= 4 is 18.3 Å². The van der Waals surface area contributed by atoms with Crippen LogP contribution in [0.15, 0.2) is 28.8 Å². The minimum absolute atomic E-state index is 0. The minimum Gasteiger partial charge on any atom is -0.496 e. The van der Waals surface area contributed by atoms with Crippen molar-refractivity contribution in [1.82, 2.24) is 15.5 Å². The Bertz CT molecular complexity index is 748. The van der Waals surface area contributed by atoms with Crippen LogP contribution in [0.2, 0.25) is 0 Å². The number of para-hydroxylation sites is 1. The van der Waals surface area contributed by atoms with Gasteiger partial charge in [0.2, 0.25) is 17.6 Å². The molecule has 9 heteroatoms. The van der Waals surface area contributed by atoms with Crippen LogP contribution in [-0.4, -0.2) is 42.4 Å². The first-order chi connectivity index (χ1) is 12.6. The number of rotatable bonds is 6. The average molecular weight is 397 g/mol. The summed E-state index contributed by atoms with van der Waals surface area (Å²) in [6.07, 6.45) is 1.59. The summed E-state index contributed by atoms with van der Waals surface area (Å²) < 4.78 is 15.9. The highest BCUT2D eigenvalue weighted by atomic mass is 35.5. The Labute approximate surface area is 164 Å². The lowest BCUT2D eigenvalue weighted by Crippen LogP contribution is -2.47. The number of benzene rings is 1. The fourth-order valence-electron chi connectivity index (χ4n) is 3.01. The van der Waals surface area contributed by atoms with Crippen molar-refractivity contribution in [3.05, 3.63) is 30.2 Å². The standard InChI is InChI=1S/C18H24N4O4.ClH/c1-11(20-17(23)15(19)12-7-9-25-10-8-12)18-21-16(22-26-18)13-5-3-4-6-14(13)24-2;/h3-6,11-12,15H,7-10,19H2,1-2H3,(H,20,23);1H. The van der Waals surface area contributed by atoms with Gasteiger partial charge in [0.15, 0.2) is 0 Å². The van der Waals surface area contributed by atoms with E-state index in [4.69, 9.17) is 19.7 Å². The number of amides is 1. The fourth-order valence-corrected chi connectivity index (χ4v) is 3.01. The molecule has 1 aliphatic rings. The summed E-state index contributed by atoms with van der Waals surface area (Å²) >= 11 is 0. The number of hydrogen-bond donors (Lipinski definition) is 2. The maximum Gasteiger partial charge on any atom is 0.249 e. The van der Waals surface area contributed by atoms with Gasteiger partial charge in [0.25, 0.3) is 0 Å². The number of carbonyl (C=O) groups is 1. The Kier molecular flexibility index (Phi) is 7.58. The van der Waals surface area contributed by atoms with Gasteiger partial charge in [-0.2, -0.15) is 4.98 Å². The normalized spacial score (nSPS) is 16.9. The highest BCUT2D eigenvalue weighted by Crippen LogP contribution is 2.28. The van der Waals surface area contributed by atoms with E-state index in [0.717, 1.165) is 18.4 Å². The number of ether oxygens (including phenoxy) is 2. The van der Waals surface area contributed by atoms with Crippen molar-refractivity contribution in [2.45, 2.75) is 31.8 Å². The Morgan fingerprint density at radius 1 is 1.33 bits per heavy atom. The molecule has 2 unspecified atom stereocenters. The van der Waals surface area contributed by atoms with Gasteiger partial charge < -0.3 is 25.0 Å². The third-order valence-electron chi connectivity index (χ3n) is 4.60. The number of nitrogens with two attached hydrogens (primary N) is 1. The minimum atomic E-state index is -0.571. The van der Waals surface area contributed by atoms with Gasteiger partial charge in [0.1, 0.15) is 11.8 Å². The van der Waals surface area contributed by atoms with Gasteiger partial charge in [0.05, 0.1) is 18.7 Å². The third-order valence-corrected chi connectivity index (χ3v) is 4.60. The van der Waals surface area contributed by atoms with Crippen LogP contribution in [-0.2, 0) is 9.53 Å². The van der Waals surface area contributed by atoms with Crippen molar-refractivity contribution in [2.24, 2.45) is 11.7 Å². The number of nitrogens with one attached hydrogen (secondary N) is 1. The molecule has 2 atom stereocenters. The Morgan fingerprint density at radius 2 is 2.04 bits per heavy atom. The summed E-state index contributed by atoms with van der Waals surface area (Å²) in [6, 6.07) is 6.39. The van der Waals surface area contributed by atoms with E-state index >= 15 is 0 Å². The molecule has 1 fully saturated rings. The summed E-state index contributed by atoms with van der Waals surface area (Å²) in [5.41, 5.74) is 6.83. The molecule has 1 aromatic carbocycles. The predicted octanol–water partition coefficient (Wildman–Crippen LogP) is 2.10. The van der Waals surface area contributed by atoms with Crippen LogP contribution in [0.4, 0.5) is 0 Å². The topological polar surface area (TPSA) is 113 Å². The number of methoxy groups -OCH3 is 1. The summed E-state index contributed by atoms with van der Waals surface area (Å²) in [6.45, 7) is 3.08. The van der Waals surface area contributed by atoms with E-state index < -0.39 is 12.1 Å². The molecule has 0 aliphatic carbocycles. The Hall–Kier alpha value is -2.16. The third kappa shape index (κ3) is 4.97. The lowest BCUT2D eigenvalue weighted by molar-refractivity contribution is -0.125. The van der Waals surface area contributed by atoms with E-state index in [2.05, 4.69) is 15.5 Å². The number of halogens is 1. The molecule has 0 bridgehead atoms. The van der Waals surface area contributed by atoms with Crippen molar-refractivity contribution in [3.8, 4) is 17.1 Å². The summed E-state index contributed by atoms with van der Waals surface area (Å²) in [7, 11) is 1.58. The van der Waals surface area contributed by atoms with E-state index in [9.17, 15) is 4.79 Å². The molecule has 1 aromatic heterocycles. The molecule has 1 aliphatic heterocycles. The van der Waals surface area contributed by atoms with Crippen molar-refractivity contribution in [1.29, 1.82) is 0 Å². The molecule has 8 nitrogen and oxygen atoms in total. The zero-order chi connectivity index (χ0) is 18.5. The second kappa shape index (κ2) is 9.68. The van der Waals surface area contributed by atoms with Gasteiger partial charge in [-0.25, -0.2) is 0 Å². The number of aromatic nitrogens is 2. The van der Waals surface area contributed by atoms with Crippen LogP contribution in [0.5, 0.6) is 5.75 Å². The van der Waals surface area contributed by atoms with Gasteiger partial charge in [-0.05, 0) is 37.8 Å². The van der Waals surface area contributed by atoms with Crippen LogP contribution < -0.4 is 15.8 Å². The summed E-state index contributed by atoms with van der Waals surface area (Å²) in [5.74, 6) is 1.29. The van der Waals surface area contributed by atoms with Crippen molar-refractivity contribution < 1.29 is 18.8 Å². The maximum absolute atomic E-state index is 12.4. The van der Waals surface area contributed by atoms with Crippen LogP contribution in [0.1, 0.15) is 31.7 Å². The predicted molar refractivity (Wildman–Crippen MR) is 102 cm³/mol. The molecular weight excluding hydrogens is 372 g/mol. The lowest BCUT2D eigenvalue weighted by Gasteiger charge is -2.27.